The van der Waals surface area contributed by atoms with E-state index in [2.05, 4.69) is 10.6 Å². The van der Waals surface area contributed by atoms with Gasteiger partial charge in [-0.25, -0.2) is 0 Å². The summed E-state index contributed by atoms with van der Waals surface area (Å²) in [6.45, 7) is 14.3. The minimum Gasteiger partial charge on any atom is -0.369 e. The second kappa shape index (κ2) is 9.79. The molecule has 0 aromatic carbocycles. The zero-order chi connectivity index (χ0) is 17.3. The Hall–Kier alpha value is -1.14. The highest BCUT2D eigenvalue weighted by atomic mass is 16.5. The Morgan fingerprint density at radius 1 is 0.955 bits per heavy atom. The van der Waals surface area contributed by atoms with Gasteiger partial charge in [-0.2, -0.15) is 0 Å². The second-order valence-corrected chi connectivity index (χ2v) is 5.97. The fourth-order valence-corrected chi connectivity index (χ4v) is 1.84. The predicted molar refractivity (Wildman–Crippen MR) is 86.6 cm³/mol. The van der Waals surface area contributed by atoms with Crippen LogP contribution in [-0.2, 0) is 19.1 Å². The number of carbonyl (C=O) groups excluding carboxylic acids is 2. The van der Waals surface area contributed by atoms with Gasteiger partial charge < -0.3 is 20.1 Å². The van der Waals surface area contributed by atoms with Gasteiger partial charge in [0.1, 0.15) is 12.2 Å². The van der Waals surface area contributed by atoms with E-state index in [1.807, 2.05) is 34.6 Å². The standard InChI is InChI=1S/C16H32N2O4/c1-8-21-12(5)14(19)17-10-16(7,11(3)4)18-15(20)13(6)22-9-2/h11-13H,8-10H2,1-7H3,(H,17,19)(H,18,20)/t12-,13+,16-/m1/s1. The molecular weight excluding hydrogens is 284 g/mol. The normalized spacial score (nSPS) is 16.7. The number of hydrogen-bond donors (Lipinski definition) is 2. The lowest BCUT2D eigenvalue weighted by Gasteiger charge is -2.36. The van der Waals surface area contributed by atoms with E-state index in [0.717, 1.165) is 0 Å². The van der Waals surface area contributed by atoms with Crippen LogP contribution in [0, 0.1) is 5.92 Å². The fourth-order valence-electron chi connectivity index (χ4n) is 1.84. The summed E-state index contributed by atoms with van der Waals surface area (Å²) in [5.74, 6) is -0.209. The van der Waals surface area contributed by atoms with Crippen LogP contribution in [0.5, 0.6) is 0 Å². The summed E-state index contributed by atoms with van der Waals surface area (Å²) in [5.41, 5.74) is -0.552. The number of ether oxygens (including phenoxy) is 2. The molecule has 0 saturated carbocycles. The molecule has 0 fully saturated rings. The SMILES string of the molecule is CCO[C@@H](C)C(=O)N[C@](C)(CNC(=O)[C@@H](C)OCC)C(C)C. The molecule has 2 N–H and O–H groups in total. The first-order valence-corrected chi connectivity index (χ1v) is 8.00. The maximum Gasteiger partial charge on any atom is 0.249 e. The lowest BCUT2D eigenvalue weighted by molar-refractivity contribution is -0.135. The first-order chi connectivity index (χ1) is 10.2. The molecule has 6 heteroatoms. The van der Waals surface area contributed by atoms with Gasteiger partial charge in [-0.3, -0.25) is 9.59 Å². The highest BCUT2D eigenvalue weighted by Gasteiger charge is 2.32. The van der Waals surface area contributed by atoms with Gasteiger partial charge in [-0.15, -0.1) is 0 Å². The van der Waals surface area contributed by atoms with Crippen molar-refractivity contribution < 1.29 is 19.1 Å². The average Bonchev–Trinajstić information content (AvgIpc) is 2.44. The Kier molecular flexibility index (Phi) is 9.28. The van der Waals surface area contributed by atoms with Crippen LogP contribution in [0.4, 0.5) is 0 Å². The third-order valence-corrected chi connectivity index (χ3v) is 3.88. The van der Waals surface area contributed by atoms with E-state index in [4.69, 9.17) is 9.47 Å². The van der Waals surface area contributed by atoms with Crippen LogP contribution in [0.3, 0.4) is 0 Å². The van der Waals surface area contributed by atoms with E-state index in [-0.39, 0.29) is 17.7 Å². The summed E-state index contributed by atoms with van der Waals surface area (Å²) < 4.78 is 10.6. The van der Waals surface area contributed by atoms with E-state index in [1.165, 1.54) is 0 Å². The van der Waals surface area contributed by atoms with Crippen LogP contribution in [0.2, 0.25) is 0 Å². The Bertz CT molecular complexity index is 360. The van der Waals surface area contributed by atoms with Crippen LogP contribution in [-0.4, -0.2) is 49.3 Å². The third-order valence-electron chi connectivity index (χ3n) is 3.88. The highest BCUT2D eigenvalue weighted by molar-refractivity contribution is 5.82. The lowest BCUT2D eigenvalue weighted by Crippen LogP contribution is -2.59. The molecule has 0 rings (SSSR count). The first-order valence-electron chi connectivity index (χ1n) is 8.00. The topological polar surface area (TPSA) is 76.7 Å². The first kappa shape index (κ1) is 20.9. The maximum absolute atomic E-state index is 12.2. The molecule has 0 heterocycles. The summed E-state index contributed by atoms with van der Waals surface area (Å²) in [6, 6.07) is 0. The summed E-state index contributed by atoms with van der Waals surface area (Å²) in [6.07, 6.45) is -1.01. The van der Waals surface area contributed by atoms with Crippen LogP contribution < -0.4 is 10.6 Å². The van der Waals surface area contributed by atoms with Crippen molar-refractivity contribution in [3.8, 4) is 0 Å². The molecule has 22 heavy (non-hydrogen) atoms. The Morgan fingerprint density at radius 2 is 1.41 bits per heavy atom. The molecular formula is C16H32N2O4. The molecule has 0 aromatic heterocycles. The van der Waals surface area contributed by atoms with Crippen LogP contribution >= 0.6 is 0 Å². The average molecular weight is 316 g/mol. The highest BCUT2D eigenvalue weighted by Crippen LogP contribution is 2.16. The van der Waals surface area contributed by atoms with Crippen molar-refractivity contribution in [1.82, 2.24) is 10.6 Å². The smallest absolute Gasteiger partial charge is 0.249 e. The predicted octanol–water partition coefficient (Wildman–Crippen LogP) is 1.48. The Labute approximate surface area is 134 Å². The molecule has 130 valence electrons. The molecule has 0 aliphatic heterocycles. The summed E-state index contributed by atoms with van der Waals surface area (Å²) in [5, 5.41) is 5.83. The molecule has 0 spiro atoms. The minimum absolute atomic E-state index is 0.146. The van der Waals surface area contributed by atoms with Crippen molar-refractivity contribution in [2.45, 2.75) is 66.2 Å². The van der Waals surface area contributed by atoms with Crippen molar-refractivity contribution >= 4 is 11.8 Å². The van der Waals surface area contributed by atoms with Crippen LogP contribution in [0.25, 0.3) is 0 Å². The fraction of sp³-hybridized carbons (Fsp3) is 0.875. The van der Waals surface area contributed by atoms with Crippen molar-refractivity contribution in [3.05, 3.63) is 0 Å². The summed E-state index contributed by atoms with van der Waals surface area (Å²) in [7, 11) is 0. The zero-order valence-electron chi connectivity index (χ0n) is 15.0. The number of hydrogen-bond acceptors (Lipinski definition) is 4. The number of carbonyl (C=O) groups is 2. The number of nitrogens with one attached hydrogen (secondary N) is 2. The zero-order valence-corrected chi connectivity index (χ0v) is 15.0. The Morgan fingerprint density at radius 3 is 1.82 bits per heavy atom. The molecule has 0 aliphatic carbocycles. The molecule has 0 saturated heterocycles. The Balaban J connectivity index is 4.69. The quantitative estimate of drug-likeness (QED) is 0.640. The van der Waals surface area contributed by atoms with E-state index in [0.29, 0.717) is 19.8 Å². The minimum atomic E-state index is -0.552. The maximum atomic E-state index is 12.2. The van der Waals surface area contributed by atoms with Gasteiger partial charge in [0.15, 0.2) is 0 Å². The molecule has 0 unspecified atom stereocenters. The van der Waals surface area contributed by atoms with Crippen molar-refractivity contribution in [2.75, 3.05) is 19.8 Å². The summed E-state index contributed by atoms with van der Waals surface area (Å²) in [4.78, 5) is 24.1. The molecule has 0 radical (unpaired) electrons. The largest absolute Gasteiger partial charge is 0.369 e. The molecule has 0 bridgehead atoms. The second-order valence-electron chi connectivity index (χ2n) is 5.97. The molecule has 2 amide bonds. The van der Waals surface area contributed by atoms with Gasteiger partial charge >= 0.3 is 0 Å². The third kappa shape index (κ3) is 6.75. The van der Waals surface area contributed by atoms with Gasteiger partial charge in [-0.1, -0.05) is 13.8 Å². The van der Waals surface area contributed by atoms with Crippen molar-refractivity contribution in [2.24, 2.45) is 5.92 Å². The van der Waals surface area contributed by atoms with E-state index >= 15 is 0 Å². The van der Waals surface area contributed by atoms with Gasteiger partial charge in [0.25, 0.3) is 0 Å². The van der Waals surface area contributed by atoms with E-state index in [9.17, 15) is 9.59 Å². The van der Waals surface area contributed by atoms with Gasteiger partial charge in [0.2, 0.25) is 11.8 Å². The van der Waals surface area contributed by atoms with Gasteiger partial charge in [0, 0.05) is 19.8 Å². The number of amides is 2. The molecule has 0 aliphatic rings. The van der Waals surface area contributed by atoms with E-state index in [1.54, 1.807) is 13.8 Å². The van der Waals surface area contributed by atoms with E-state index < -0.39 is 17.7 Å². The molecule has 3 atom stereocenters. The lowest BCUT2D eigenvalue weighted by atomic mass is 9.88. The summed E-state index contributed by atoms with van der Waals surface area (Å²) >= 11 is 0. The monoisotopic (exact) mass is 316 g/mol. The van der Waals surface area contributed by atoms with Gasteiger partial charge in [0.05, 0.1) is 5.54 Å². The molecule has 6 nitrogen and oxygen atoms in total. The van der Waals surface area contributed by atoms with Gasteiger partial charge in [-0.05, 0) is 40.5 Å². The van der Waals surface area contributed by atoms with Crippen LogP contribution in [0.1, 0.15) is 48.5 Å². The van der Waals surface area contributed by atoms with Crippen LogP contribution in [0.15, 0.2) is 0 Å². The van der Waals surface area contributed by atoms with Crippen molar-refractivity contribution in [1.29, 1.82) is 0 Å². The molecule has 0 aromatic rings. The van der Waals surface area contributed by atoms with Crippen molar-refractivity contribution in [3.63, 3.8) is 0 Å². The number of rotatable bonds is 10.